The van der Waals surface area contributed by atoms with Crippen molar-refractivity contribution in [2.45, 2.75) is 21.6 Å². The minimum absolute atomic E-state index is 0.0842. The summed E-state index contributed by atoms with van der Waals surface area (Å²) in [5, 5.41) is 25.9. The fourth-order valence-corrected chi connectivity index (χ4v) is 6.28. The van der Waals surface area contributed by atoms with E-state index >= 15 is 0 Å². The lowest BCUT2D eigenvalue weighted by molar-refractivity contribution is 0.0965. The third kappa shape index (κ3) is 4.01. The number of nitrogens with two attached hydrogens (primary N) is 1. The third-order valence-corrected chi connectivity index (χ3v) is 7.96. The molecule has 11 nitrogen and oxygen atoms in total. The predicted octanol–water partition coefficient (Wildman–Crippen LogP) is 0.166. The van der Waals surface area contributed by atoms with E-state index < -0.39 is 21.8 Å². The van der Waals surface area contributed by atoms with Crippen LogP contribution in [0.25, 0.3) is 22.5 Å². The first-order valence-corrected chi connectivity index (χ1v) is 12.7. The van der Waals surface area contributed by atoms with Gasteiger partial charge in [0.25, 0.3) is 5.91 Å². The van der Waals surface area contributed by atoms with Crippen LogP contribution in [0.1, 0.15) is 15.9 Å². The van der Waals surface area contributed by atoms with Gasteiger partial charge >= 0.3 is 0 Å². The number of rotatable bonds is 5. The first kappa shape index (κ1) is 23.1. The molecule has 1 aromatic heterocycles. The van der Waals surface area contributed by atoms with E-state index in [0.717, 1.165) is 34.1 Å². The smallest absolute Gasteiger partial charge is 0.251 e. The van der Waals surface area contributed by atoms with Crippen molar-refractivity contribution in [1.29, 1.82) is 0 Å². The number of nitrogens with zero attached hydrogens (tertiary/aromatic N) is 3. The van der Waals surface area contributed by atoms with E-state index in [4.69, 9.17) is 8.57 Å². The van der Waals surface area contributed by atoms with E-state index in [0.29, 0.717) is 41.2 Å². The molecule has 2 aliphatic rings. The number of carbonyl (C=O) groups is 1. The molecule has 1 amide bonds. The molecule has 0 bridgehead atoms. The van der Waals surface area contributed by atoms with Crippen LogP contribution in [-0.4, -0.2) is 56.7 Å². The van der Waals surface area contributed by atoms with Gasteiger partial charge in [0.2, 0.25) is 5.82 Å². The Morgan fingerprint density at radius 1 is 1.09 bits per heavy atom. The summed E-state index contributed by atoms with van der Waals surface area (Å²) in [6, 6.07) is 8.89. The first-order chi connectivity index (χ1) is 15.6. The van der Waals surface area contributed by atoms with Gasteiger partial charge in [-0.3, -0.25) is 9.00 Å². The lowest BCUT2D eigenvalue weighted by Crippen LogP contribution is -2.49. The Hall–Kier alpha value is -2.11. The average molecular weight is 587 g/mol. The zero-order valence-corrected chi connectivity index (χ0v) is 20.2. The molecule has 1 saturated heterocycles. The number of benzene rings is 2. The van der Waals surface area contributed by atoms with Crippen LogP contribution in [0.15, 0.2) is 40.1 Å². The zero-order valence-electron chi connectivity index (χ0n) is 16.4. The van der Waals surface area contributed by atoms with Crippen LogP contribution in [-0.2, 0) is 28.3 Å². The Morgan fingerprint density at radius 3 is 2.47 bits per heavy atom. The number of tetrazole rings is 1. The summed E-state index contributed by atoms with van der Waals surface area (Å²) in [7, 11) is -3.36. The van der Waals surface area contributed by atoms with Gasteiger partial charge in [-0.2, -0.15) is 5.21 Å². The number of amides is 1. The summed E-state index contributed by atoms with van der Waals surface area (Å²) >= 11 is 1.15. The van der Waals surface area contributed by atoms with Crippen LogP contribution in [0.2, 0.25) is 0 Å². The quantitative estimate of drug-likeness (QED) is 0.263. The van der Waals surface area contributed by atoms with Gasteiger partial charge < -0.3 is 14.1 Å². The van der Waals surface area contributed by atoms with Crippen LogP contribution < -0.4 is 15.8 Å². The number of halogens is 1. The second-order valence-corrected chi connectivity index (χ2v) is 9.64. The zero-order chi connectivity index (χ0) is 22.8. The second kappa shape index (κ2) is 9.80. The minimum atomic E-state index is -1.96. The third-order valence-electron chi connectivity index (χ3n) is 5.29. The maximum Gasteiger partial charge on any atom is 0.251 e. The number of nitrogens with one attached hydrogen (secondary N) is 3. The van der Waals surface area contributed by atoms with Crippen LogP contribution in [0, 0.1) is 0 Å². The van der Waals surface area contributed by atoms with Gasteiger partial charge in [0.1, 0.15) is 34.0 Å². The summed E-state index contributed by atoms with van der Waals surface area (Å²) < 4.78 is 32.8. The summed E-state index contributed by atoms with van der Waals surface area (Å²) in [4.78, 5) is 12.7. The van der Waals surface area contributed by atoms with E-state index in [1.807, 2.05) is 6.07 Å². The monoisotopic (exact) mass is 587 g/mol. The highest BCUT2D eigenvalue weighted by molar-refractivity contribution is 14.1. The molecule has 0 aliphatic carbocycles. The number of fused-ring (bicyclic) bond motifs is 1. The van der Waals surface area contributed by atoms with Gasteiger partial charge in [-0.25, -0.2) is 9.35 Å². The van der Waals surface area contributed by atoms with Crippen molar-refractivity contribution in [2.75, 3.05) is 13.1 Å². The number of aromatic nitrogens is 4. The van der Waals surface area contributed by atoms with Crippen molar-refractivity contribution in [2.24, 2.45) is 5.14 Å². The highest BCUT2D eigenvalue weighted by Gasteiger charge is 2.32. The molecule has 6 N–H and O–H groups in total. The average Bonchev–Trinajstić information content (AvgIpc) is 3.43. The lowest BCUT2D eigenvalue weighted by Gasteiger charge is -2.27. The molecule has 2 aliphatic heterocycles. The topological polar surface area (TPSA) is 176 Å². The van der Waals surface area contributed by atoms with Gasteiger partial charge in [-0.05, 0) is 34.0 Å². The van der Waals surface area contributed by atoms with Gasteiger partial charge in [0.05, 0.1) is 25.8 Å². The Balaban J connectivity index is 0.00000119. The summed E-state index contributed by atoms with van der Waals surface area (Å²) in [6.45, 7) is 1.60. The SMILES string of the molecule is NS(=O)c1c(S(=O)C2CNC2)ccc(-c2cccc3c2CNC3=O)c1-c1nn[nH]n1.OI. The fourth-order valence-electron chi connectivity index (χ4n) is 3.74. The molecule has 2 unspecified atom stereocenters. The van der Waals surface area contributed by atoms with Crippen molar-refractivity contribution in [3.63, 3.8) is 0 Å². The molecule has 1 fully saturated rings. The second-order valence-electron chi connectivity index (χ2n) is 6.94. The maximum atomic E-state index is 13.1. The molecule has 3 heterocycles. The Kier molecular flexibility index (Phi) is 7.06. The highest BCUT2D eigenvalue weighted by atomic mass is 127. The first-order valence-electron chi connectivity index (χ1n) is 9.32. The van der Waals surface area contributed by atoms with Gasteiger partial charge in [0.15, 0.2) is 0 Å². The van der Waals surface area contributed by atoms with E-state index in [2.05, 4.69) is 31.3 Å². The summed E-state index contributed by atoms with van der Waals surface area (Å²) in [6.07, 6.45) is 0. The van der Waals surface area contributed by atoms with Crippen LogP contribution in [0.4, 0.5) is 0 Å². The van der Waals surface area contributed by atoms with Crippen molar-refractivity contribution < 1.29 is 16.6 Å². The Bertz CT molecular complexity index is 1220. The molecular weight excluding hydrogens is 569 g/mol. The van der Waals surface area contributed by atoms with Crippen molar-refractivity contribution in [3.05, 3.63) is 41.5 Å². The van der Waals surface area contributed by atoms with E-state index in [9.17, 15) is 13.2 Å². The normalized spacial score (nSPS) is 16.9. The molecule has 14 heteroatoms. The van der Waals surface area contributed by atoms with Crippen LogP contribution >= 0.6 is 23.0 Å². The Labute approximate surface area is 201 Å². The minimum Gasteiger partial charge on any atom is -0.348 e. The summed E-state index contributed by atoms with van der Waals surface area (Å²) in [5.41, 5.74) is 3.20. The van der Waals surface area contributed by atoms with Gasteiger partial charge in [0, 0.05) is 30.8 Å². The molecule has 32 heavy (non-hydrogen) atoms. The molecule has 0 saturated carbocycles. The molecule has 168 valence electrons. The van der Waals surface area contributed by atoms with E-state index in [1.54, 1.807) is 24.3 Å². The maximum absolute atomic E-state index is 13.1. The molecule has 0 radical (unpaired) electrons. The van der Waals surface area contributed by atoms with Crippen LogP contribution in [0.5, 0.6) is 0 Å². The number of carbonyl (C=O) groups excluding carboxylic acids is 1. The molecule has 3 aromatic rings. The largest absolute Gasteiger partial charge is 0.348 e. The molecule has 2 atom stereocenters. The number of hydrogen-bond acceptors (Lipinski definition) is 8. The molecule has 2 aromatic carbocycles. The number of aromatic amines is 1. The van der Waals surface area contributed by atoms with E-state index in [1.165, 1.54) is 0 Å². The van der Waals surface area contributed by atoms with E-state index in [-0.39, 0.29) is 21.9 Å². The predicted molar refractivity (Wildman–Crippen MR) is 126 cm³/mol. The van der Waals surface area contributed by atoms with Gasteiger partial charge in [-0.1, -0.05) is 18.2 Å². The van der Waals surface area contributed by atoms with Gasteiger partial charge in [-0.15, -0.1) is 10.2 Å². The molecule has 5 rings (SSSR count). The molecular formula is C18H18IN7O4S2. The van der Waals surface area contributed by atoms with Crippen molar-refractivity contribution >= 4 is 50.7 Å². The van der Waals surface area contributed by atoms with Crippen LogP contribution in [0.3, 0.4) is 0 Å². The summed E-state index contributed by atoms with van der Waals surface area (Å²) in [5.74, 6) is 0.0464. The Morgan fingerprint density at radius 2 is 1.84 bits per heavy atom. The number of H-pyrrole nitrogens is 1. The highest BCUT2D eigenvalue weighted by Crippen LogP contribution is 2.40. The number of hydrogen-bond donors (Lipinski definition) is 5. The molecule has 0 spiro atoms. The lowest BCUT2D eigenvalue weighted by atomic mass is 9.93. The standard InChI is InChI=1S/C18H17N7O3S2.HIO/c19-30(28)16-14(29(27)9-6-20-7-9)5-4-11(15(16)17-22-24-25-23-17)10-2-1-3-12-13(10)8-21-18(12)26;1-2/h1-5,9,20H,6-8,19H2,(H,21,26)(H,22,23,24,25);2H. The van der Waals surface area contributed by atoms with Crippen molar-refractivity contribution in [3.8, 4) is 22.5 Å². The van der Waals surface area contributed by atoms with Crippen molar-refractivity contribution in [1.82, 2.24) is 31.3 Å². The fraction of sp³-hybridized carbons (Fsp3) is 0.222.